The highest BCUT2D eigenvalue weighted by molar-refractivity contribution is 5.67. The number of nitrogens with zero attached hydrogens (tertiary/aromatic N) is 4. The van der Waals surface area contributed by atoms with Crippen LogP contribution in [0.25, 0.3) is 0 Å². The predicted molar refractivity (Wildman–Crippen MR) is 71.1 cm³/mol. The van der Waals surface area contributed by atoms with E-state index in [9.17, 15) is 4.79 Å². The van der Waals surface area contributed by atoms with Crippen molar-refractivity contribution in [3.8, 4) is 0 Å². The molecule has 1 aliphatic carbocycles. The van der Waals surface area contributed by atoms with E-state index < -0.39 is 12.1 Å². The first kappa shape index (κ1) is 14.9. The van der Waals surface area contributed by atoms with E-state index in [1.165, 1.54) is 32.8 Å². The molecule has 1 fully saturated rings. The molecule has 1 heterocycles. The van der Waals surface area contributed by atoms with Gasteiger partial charge in [-0.1, -0.05) is 25.7 Å². The smallest absolute Gasteiger partial charge is 0.306 e. The van der Waals surface area contributed by atoms with Gasteiger partial charge in [0.2, 0.25) is 0 Å². The van der Waals surface area contributed by atoms with Crippen LogP contribution in [0.15, 0.2) is 0 Å². The van der Waals surface area contributed by atoms with Crippen LogP contribution < -0.4 is 0 Å². The van der Waals surface area contributed by atoms with Gasteiger partial charge in [0.25, 0.3) is 0 Å². The molecule has 1 saturated carbocycles. The molecule has 7 heteroatoms. The van der Waals surface area contributed by atoms with Gasteiger partial charge in [-0.2, -0.15) is 0 Å². The molecule has 1 aliphatic rings. The fourth-order valence-electron chi connectivity index (χ4n) is 2.79. The number of carboxylic acids is 1. The number of ether oxygens (including phenoxy) is 1. The lowest BCUT2D eigenvalue weighted by Gasteiger charge is -2.14. The maximum atomic E-state index is 10.7. The van der Waals surface area contributed by atoms with Gasteiger partial charge in [-0.3, -0.25) is 4.79 Å². The van der Waals surface area contributed by atoms with Crippen LogP contribution in [-0.4, -0.2) is 44.5 Å². The van der Waals surface area contributed by atoms with Crippen LogP contribution in [0, 0.1) is 5.92 Å². The number of methoxy groups -OCH3 is 1. The van der Waals surface area contributed by atoms with Gasteiger partial charge in [-0.05, 0) is 22.8 Å². The number of tetrazole rings is 1. The molecule has 0 saturated heterocycles. The third-order valence-corrected chi connectivity index (χ3v) is 3.97. The fraction of sp³-hybridized carbons (Fsp3) is 0.846. The molecule has 1 aromatic rings. The van der Waals surface area contributed by atoms with Crippen molar-refractivity contribution in [2.45, 2.75) is 57.6 Å². The molecule has 2 rings (SSSR count). The number of aryl methyl sites for hydroxylation is 1. The number of aromatic nitrogens is 4. The Morgan fingerprint density at radius 1 is 1.50 bits per heavy atom. The summed E-state index contributed by atoms with van der Waals surface area (Å²) in [6.07, 6.45) is 6.79. The third kappa shape index (κ3) is 4.26. The Bertz CT molecular complexity index is 429. The van der Waals surface area contributed by atoms with E-state index in [2.05, 4.69) is 15.5 Å². The molecule has 0 amide bonds. The molecule has 1 atom stereocenters. The lowest BCUT2D eigenvalue weighted by atomic mass is 10.0. The van der Waals surface area contributed by atoms with Gasteiger partial charge in [0, 0.05) is 13.5 Å². The Morgan fingerprint density at radius 2 is 2.25 bits per heavy atom. The minimum Gasteiger partial charge on any atom is -0.481 e. The van der Waals surface area contributed by atoms with Crippen molar-refractivity contribution in [2.24, 2.45) is 5.92 Å². The molecule has 0 aromatic carbocycles. The van der Waals surface area contributed by atoms with Gasteiger partial charge in [0.1, 0.15) is 0 Å². The lowest BCUT2D eigenvalue weighted by molar-refractivity contribution is -0.140. The summed E-state index contributed by atoms with van der Waals surface area (Å²) in [5, 5.41) is 20.5. The van der Waals surface area contributed by atoms with Crippen molar-refractivity contribution in [1.29, 1.82) is 0 Å². The van der Waals surface area contributed by atoms with E-state index in [-0.39, 0.29) is 6.42 Å². The molecule has 1 aromatic heterocycles. The molecule has 0 radical (unpaired) electrons. The topological polar surface area (TPSA) is 90.1 Å². The highest BCUT2D eigenvalue weighted by Gasteiger charge is 2.19. The quantitative estimate of drug-likeness (QED) is 0.772. The summed E-state index contributed by atoms with van der Waals surface area (Å²) in [6, 6.07) is 0. The van der Waals surface area contributed by atoms with Crippen LogP contribution in [0.1, 0.15) is 44.3 Å². The normalized spacial score (nSPS) is 17.4. The second-order valence-corrected chi connectivity index (χ2v) is 5.42. The first-order chi connectivity index (χ1) is 9.69. The Hall–Kier alpha value is -1.50. The van der Waals surface area contributed by atoms with Crippen molar-refractivity contribution in [1.82, 2.24) is 20.2 Å². The van der Waals surface area contributed by atoms with Crippen molar-refractivity contribution < 1.29 is 14.6 Å². The number of carboxylic acid groups (broad SMARTS) is 1. The standard InChI is InChI=1S/C13H22N4O3/c1-20-11(8-13(18)19)9-17-12(14-15-16-17)7-6-10-4-2-3-5-10/h10-11H,2-9H2,1H3,(H,18,19). The maximum absolute atomic E-state index is 10.7. The molecule has 0 spiro atoms. The van der Waals surface area contributed by atoms with E-state index in [4.69, 9.17) is 9.84 Å². The van der Waals surface area contributed by atoms with E-state index in [1.54, 1.807) is 4.68 Å². The van der Waals surface area contributed by atoms with Gasteiger partial charge >= 0.3 is 5.97 Å². The largest absolute Gasteiger partial charge is 0.481 e. The summed E-state index contributed by atoms with van der Waals surface area (Å²) in [6.45, 7) is 0.385. The summed E-state index contributed by atoms with van der Waals surface area (Å²) in [5.41, 5.74) is 0. The van der Waals surface area contributed by atoms with Crippen molar-refractivity contribution >= 4 is 5.97 Å². The molecule has 0 aliphatic heterocycles. The molecule has 112 valence electrons. The van der Waals surface area contributed by atoms with E-state index in [0.717, 1.165) is 24.6 Å². The number of carbonyl (C=O) groups is 1. The van der Waals surface area contributed by atoms with Crippen LogP contribution in [-0.2, 0) is 22.5 Å². The van der Waals surface area contributed by atoms with Gasteiger partial charge in [-0.15, -0.1) is 5.10 Å². The Morgan fingerprint density at radius 3 is 2.90 bits per heavy atom. The molecule has 20 heavy (non-hydrogen) atoms. The minimum absolute atomic E-state index is 0.0432. The second kappa shape index (κ2) is 7.33. The molecule has 1 N–H and O–H groups in total. The van der Waals surface area contributed by atoms with Gasteiger partial charge in [0.05, 0.1) is 19.1 Å². The van der Waals surface area contributed by atoms with Crippen molar-refractivity contribution in [3.05, 3.63) is 5.82 Å². The average molecular weight is 282 g/mol. The highest BCUT2D eigenvalue weighted by Crippen LogP contribution is 2.28. The molecule has 7 nitrogen and oxygen atoms in total. The van der Waals surface area contributed by atoms with Gasteiger partial charge < -0.3 is 9.84 Å². The maximum Gasteiger partial charge on any atom is 0.306 e. The van der Waals surface area contributed by atoms with Gasteiger partial charge in [0.15, 0.2) is 5.82 Å². The molecule has 0 bridgehead atoms. The number of rotatable bonds is 8. The zero-order chi connectivity index (χ0) is 14.4. The second-order valence-electron chi connectivity index (χ2n) is 5.42. The zero-order valence-electron chi connectivity index (χ0n) is 11.9. The van der Waals surface area contributed by atoms with Crippen LogP contribution >= 0.6 is 0 Å². The Labute approximate surface area is 118 Å². The summed E-state index contributed by atoms with van der Waals surface area (Å²) in [4.78, 5) is 10.7. The van der Waals surface area contributed by atoms with E-state index >= 15 is 0 Å². The number of hydrogen-bond acceptors (Lipinski definition) is 5. The summed E-state index contributed by atoms with van der Waals surface area (Å²) >= 11 is 0. The van der Waals surface area contributed by atoms with Gasteiger partial charge in [-0.25, -0.2) is 4.68 Å². The molecular weight excluding hydrogens is 260 g/mol. The minimum atomic E-state index is -0.877. The first-order valence-corrected chi connectivity index (χ1v) is 7.18. The lowest BCUT2D eigenvalue weighted by Crippen LogP contribution is -2.24. The predicted octanol–water partition coefficient (Wildman–Crippen LogP) is 1.29. The van der Waals surface area contributed by atoms with E-state index in [1.807, 2.05) is 0 Å². The Balaban J connectivity index is 1.88. The van der Waals surface area contributed by atoms with Crippen molar-refractivity contribution in [2.75, 3.05) is 7.11 Å². The van der Waals surface area contributed by atoms with Crippen LogP contribution in [0.3, 0.4) is 0 Å². The SMILES string of the molecule is COC(CC(=O)O)Cn1nnnc1CCC1CCCC1. The Kier molecular flexibility index (Phi) is 5.46. The first-order valence-electron chi connectivity index (χ1n) is 7.18. The number of aliphatic carboxylic acids is 1. The highest BCUT2D eigenvalue weighted by atomic mass is 16.5. The number of hydrogen-bond donors (Lipinski definition) is 1. The molecule has 1 unspecified atom stereocenters. The average Bonchev–Trinajstić information content (AvgIpc) is 3.06. The van der Waals surface area contributed by atoms with E-state index in [0.29, 0.717) is 6.54 Å². The zero-order valence-corrected chi connectivity index (χ0v) is 11.9. The van der Waals surface area contributed by atoms with Crippen LogP contribution in [0.5, 0.6) is 0 Å². The fourth-order valence-corrected chi connectivity index (χ4v) is 2.79. The van der Waals surface area contributed by atoms with Crippen LogP contribution in [0.2, 0.25) is 0 Å². The summed E-state index contributed by atoms with van der Waals surface area (Å²) in [5.74, 6) is 0.735. The van der Waals surface area contributed by atoms with Crippen LogP contribution in [0.4, 0.5) is 0 Å². The molecular formula is C13H22N4O3. The summed E-state index contributed by atoms with van der Waals surface area (Å²) < 4.78 is 6.84. The monoisotopic (exact) mass is 282 g/mol. The van der Waals surface area contributed by atoms with Crippen molar-refractivity contribution in [3.63, 3.8) is 0 Å². The summed E-state index contributed by atoms with van der Waals surface area (Å²) in [7, 11) is 1.51. The third-order valence-electron chi connectivity index (χ3n) is 3.97.